The summed E-state index contributed by atoms with van der Waals surface area (Å²) in [6.45, 7) is 3.39. The van der Waals surface area contributed by atoms with E-state index in [-0.39, 0.29) is 0 Å². The molecule has 1 fully saturated rings. The Balaban J connectivity index is 2.17. The number of carboxylic acids is 1. The van der Waals surface area contributed by atoms with E-state index in [2.05, 4.69) is 9.88 Å². The highest BCUT2D eigenvalue weighted by molar-refractivity contribution is 7.99. The van der Waals surface area contributed by atoms with Crippen LogP contribution in [0.3, 0.4) is 0 Å². The molecule has 1 aromatic rings. The number of anilines is 1. The SMILES string of the molecule is CN(c1nc(C(C)(C)C(=O)O)cs1)C1CCSC1. The van der Waals surface area contributed by atoms with Crippen LogP contribution in [-0.4, -0.2) is 40.7 Å². The van der Waals surface area contributed by atoms with Crippen molar-refractivity contribution in [1.82, 2.24) is 4.98 Å². The molecule has 1 aliphatic rings. The van der Waals surface area contributed by atoms with Gasteiger partial charge in [0, 0.05) is 24.2 Å². The van der Waals surface area contributed by atoms with Gasteiger partial charge in [0.25, 0.3) is 0 Å². The van der Waals surface area contributed by atoms with Gasteiger partial charge in [-0.3, -0.25) is 4.79 Å². The Labute approximate surface area is 115 Å². The van der Waals surface area contributed by atoms with Crippen molar-refractivity contribution in [1.29, 1.82) is 0 Å². The van der Waals surface area contributed by atoms with Crippen molar-refractivity contribution in [3.05, 3.63) is 11.1 Å². The second-order valence-corrected chi connectivity index (χ2v) is 7.06. The summed E-state index contributed by atoms with van der Waals surface area (Å²) in [5, 5.41) is 12.0. The summed E-state index contributed by atoms with van der Waals surface area (Å²) in [7, 11) is 2.05. The zero-order valence-electron chi connectivity index (χ0n) is 10.8. The van der Waals surface area contributed by atoms with Crippen molar-refractivity contribution < 1.29 is 9.90 Å². The summed E-state index contributed by atoms with van der Waals surface area (Å²) in [5.74, 6) is 1.50. The highest BCUT2D eigenvalue weighted by Crippen LogP contribution is 2.32. The van der Waals surface area contributed by atoms with Gasteiger partial charge >= 0.3 is 5.97 Å². The van der Waals surface area contributed by atoms with Crippen LogP contribution >= 0.6 is 23.1 Å². The summed E-state index contributed by atoms with van der Waals surface area (Å²) in [5.41, 5.74) is -0.271. The van der Waals surface area contributed by atoms with Crippen molar-refractivity contribution in [2.24, 2.45) is 0 Å². The van der Waals surface area contributed by atoms with Gasteiger partial charge in [-0.1, -0.05) is 0 Å². The molecule has 1 saturated heterocycles. The topological polar surface area (TPSA) is 53.4 Å². The standard InChI is InChI=1S/C12H18N2O2S2/c1-12(2,10(15)16)9-7-18-11(13-9)14(3)8-4-5-17-6-8/h7-8H,4-6H2,1-3H3,(H,15,16). The summed E-state index contributed by atoms with van der Waals surface area (Å²) < 4.78 is 0. The minimum absolute atomic E-state index is 0.530. The van der Waals surface area contributed by atoms with Crippen molar-refractivity contribution in [3.63, 3.8) is 0 Å². The molecule has 2 rings (SSSR count). The molecular weight excluding hydrogens is 268 g/mol. The Bertz CT molecular complexity index is 439. The van der Waals surface area contributed by atoms with Crippen LogP contribution < -0.4 is 4.90 Å². The van der Waals surface area contributed by atoms with Crippen LogP contribution in [-0.2, 0) is 10.2 Å². The highest BCUT2D eigenvalue weighted by atomic mass is 32.2. The van der Waals surface area contributed by atoms with Gasteiger partial charge in [0.15, 0.2) is 5.13 Å². The van der Waals surface area contributed by atoms with E-state index in [1.807, 2.05) is 24.2 Å². The number of hydrogen-bond donors (Lipinski definition) is 1. The molecule has 0 amide bonds. The third kappa shape index (κ3) is 2.49. The van der Waals surface area contributed by atoms with E-state index in [0.717, 1.165) is 10.9 Å². The highest BCUT2D eigenvalue weighted by Gasteiger charge is 2.33. The first-order valence-corrected chi connectivity index (χ1v) is 7.96. The van der Waals surface area contributed by atoms with Crippen LogP contribution in [0.4, 0.5) is 5.13 Å². The molecule has 18 heavy (non-hydrogen) atoms. The molecule has 2 heterocycles. The molecule has 0 radical (unpaired) electrons. The molecule has 0 saturated carbocycles. The summed E-state index contributed by atoms with van der Waals surface area (Å²) in [6, 6.07) is 0.530. The first kappa shape index (κ1) is 13.7. The van der Waals surface area contributed by atoms with Crippen LogP contribution in [0.5, 0.6) is 0 Å². The molecule has 1 aromatic heterocycles. The average Bonchev–Trinajstić information content (AvgIpc) is 2.99. The lowest BCUT2D eigenvalue weighted by Gasteiger charge is -2.23. The Morgan fingerprint density at radius 2 is 2.33 bits per heavy atom. The van der Waals surface area contributed by atoms with E-state index in [1.54, 1.807) is 13.8 Å². The number of aromatic nitrogens is 1. The first-order chi connectivity index (χ1) is 8.43. The maximum Gasteiger partial charge on any atom is 0.315 e. The lowest BCUT2D eigenvalue weighted by Crippen LogP contribution is -2.32. The average molecular weight is 286 g/mol. The van der Waals surface area contributed by atoms with E-state index in [0.29, 0.717) is 11.7 Å². The molecule has 1 atom stereocenters. The second-order valence-electron chi connectivity index (χ2n) is 5.07. The number of hydrogen-bond acceptors (Lipinski definition) is 5. The van der Waals surface area contributed by atoms with Crippen molar-refractivity contribution in [2.75, 3.05) is 23.5 Å². The number of aliphatic carboxylic acids is 1. The lowest BCUT2D eigenvalue weighted by atomic mass is 9.90. The minimum atomic E-state index is -0.917. The van der Waals surface area contributed by atoms with Gasteiger partial charge in [-0.05, 0) is 26.0 Å². The number of carboxylic acid groups (broad SMARTS) is 1. The van der Waals surface area contributed by atoms with Gasteiger partial charge in [0.2, 0.25) is 0 Å². The minimum Gasteiger partial charge on any atom is -0.481 e. The Kier molecular flexibility index (Phi) is 3.87. The van der Waals surface area contributed by atoms with Gasteiger partial charge in [-0.25, -0.2) is 4.98 Å². The van der Waals surface area contributed by atoms with E-state index in [9.17, 15) is 9.90 Å². The number of thioether (sulfide) groups is 1. The van der Waals surface area contributed by atoms with Crippen LogP contribution in [0.25, 0.3) is 0 Å². The predicted molar refractivity (Wildman–Crippen MR) is 76.9 cm³/mol. The van der Waals surface area contributed by atoms with E-state index in [1.165, 1.54) is 23.5 Å². The molecule has 1 N–H and O–H groups in total. The van der Waals surface area contributed by atoms with Crippen LogP contribution in [0.2, 0.25) is 0 Å². The van der Waals surface area contributed by atoms with Crippen molar-refractivity contribution in [3.8, 4) is 0 Å². The van der Waals surface area contributed by atoms with Crippen molar-refractivity contribution in [2.45, 2.75) is 31.7 Å². The molecule has 0 aliphatic carbocycles. The van der Waals surface area contributed by atoms with E-state index < -0.39 is 11.4 Å². The maximum absolute atomic E-state index is 11.2. The van der Waals surface area contributed by atoms with Crippen LogP contribution in [0.15, 0.2) is 5.38 Å². The zero-order valence-corrected chi connectivity index (χ0v) is 12.5. The van der Waals surface area contributed by atoms with Gasteiger partial charge in [-0.2, -0.15) is 11.8 Å². The predicted octanol–water partition coefficient (Wildman–Crippen LogP) is 2.45. The smallest absolute Gasteiger partial charge is 0.315 e. The number of thiazole rings is 1. The zero-order chi connectivity index (χ0) is 13.3. The van der Waals surface area contributed by atoms with E-state index >= 15 is 0 Å². The molecule has 1 aliphatic heterocycles. The fourth-order valence-electron chi connectivity index (χ4n) is 1.81. The quantitative estimate of drug-likeness (QED) is 0.921. The van der Waals surface area contributed by atoms with Gasteiger partial charge in [0.05, 0.1) is 5.69 Å². The van der Waals surface area contributed by atoms with E-state index in [4.69, 9.17) is 0 Å². The molecule has 4 nitrogen and oxygen atoms in total. The maximum atomic E-state index is 11.2. The largest absolute Gasteiger partial charge is 0.481 e. The molecule has 0 bridgehead atoms. The van der Waals surface area contributed by atoms with Crippen LogP contribution in [0, 0.1) is 0 Å². The lowest BCUT2D eigenvalue weighted by molar-refractivity contribution is -0.142. The fraction of sp³-hybridized carbons (Fsp3) is 0.667. The Morgan fingerprint density at radius 1 is 1.61 bits per heavy atom. The van der Waals surface area contributed by atoms with Crippen molar-refractivity contribution >= 4 is 34.2 Å². The number of rotatable bonds is 4. The normalized spacial score (nSPS) is 20.1. The van der Waals surface area contributed by atoms with Gasteiger partial charge in [0.1, 0.15) is 5.41 Å². The first-order valence-electron chi connectivity index (χ1n) is 5.93. The fourth-order valence-corrected chi connectivity index (χ4v) is 4.11. The number of carbonyl (C=O) groups is 1. The molecule has 100 valence electrons. The van der Waals surface area contributed by atoms with Gasteiger partial charge < -0.3 is 10.0 Å². The molecular formula is C12H18N2O2S2. The number of nitrogens with zero attached hydrogens (tertiary/aromatic N) is 2. The molecule has 1 unspecified atom stereocenters. The molecule has 0 aromatic carbocycles. The van der Waals surface area contributed by atoms with Crippen LogP contribution in [0.1, 0.15) is 26.0 Å². The molecule has 6 heteroatoms. The third-order valence-corrected chi connectivity index (χ3v) is 5.50. The monoisotopic (exact) mass is 286 g/mol. The summed E-state index contributed by atoms with van der Waals surface area (Å²) in [4.78, 5) is 17.9. The Morgan fingerprint density at radius 3 is 2.89 bits per heavy atom. The summed E-state index contributed by atoms with van der Waals surface area (Å²) in [6.07, 6.45) is 1.18. The molecule has 0 spiro atoms. The third-order valence-electron chi connectivity index (χ3n) is 3.42. The Hall–Kier alpha value is -0.750. The summed E-state index contributed by atoms with van der Waals surface area (Å²) >= 11 is 3.49. The van der Waals surface area contributed by atoms with Gasteiger partial charge in [-0.15, -0.1) is 11.3 Å². The second kappa shape index (κ2) is 5.09.